The van der Waals surface area contributed by atoms with Crippen LogP contribution in [0.3, 0.4) is 0 Å². The monoisotopic (exact) mass is 406 g/mol. The summed E-state index contributed by atoms with van der Waals surface area (Å²) >= 11 is 0. The molecule has 1 fully saturated rings. The van der Waals surface area contributed by atoms with Gasteiger partial charge in [0.1, 0.15) is 6.07 Å². The van der Waals surface area contributed by atoms with E-state index in [2.05, 4.69) is 22.2 Å². The van der Waals surface area contributed by atoms with Crippen molar-refractivity contribution < 1.29 is 14.3 Å². The number of hydrogen-bond donors (Lipinski definition) is 1. The maximum Gasteiger partial charge on any atom is 0.248 e. The Kier molecular flexibility index (Phi) is 7.30. The molecule has 0 aliphatic carbocycles. The number of nitrogens with one attached hydrogen (secondary N) is 1. The summed E-state index contributed by atoms with van der Waals surface area (Å²) < 4.78 is 10.6. The number of likely N-dealkylation sites (N-methyl/N-ethyl adjacent to an activating group) is 1. The fourth-order valence-corrected chi connectivity index (χ4v) is 3.19. The van der Waals surface area contributed by atoms with Gasteiger partial charge in [-0.05, 0) is 55.1 Å². The average Bonchev–Trinajstić information content (AvgIpc) is 2.77. The molecule has 7 heteroatoms. The summed E-state index contributed by atoms with van der Waals surface area (Å²) in [6.07, 6.45) is 3.17. The molecule has 0 radical (unpaired) electrons. The molecule has 0 atom stereocenters. The maximum atomic E-state index is 12.3. The van der Waals surface area contributed by atoms with E-state index in [0.29, 0.717) is 11.5 Å². The van der Waals surface area contributed by atoms with Gasteiger partial charge in [0.15, 0.2) is 18.1 Å². The predicted molar refractivity (Wildman–Crippen MR) is 118 cm³/mol. The van der Waals surface area contributed by atoms with Crippen molar-refractivity contribution in [2.24, 2.45) is 0 Å². The van der Waals surface area contributed by atoms with Gasteiger partial charge in [0.25, 0.3) is 0 Å². The van der Waals surface area contributed by atoms with E-state index in [-0.39, 0.29) is 12.5 Å². The van der Waals surface area contributed by atoms with E-state index in [1.807, 2.05) is 30.3 Å². The van der Waals surface area contributed by atoms with Gasteiger partial charge in [0.2, 0.25) is 5.91 Å². The first-order valence-electron chi connectivity index (χ1n) is 9.79. The van der Waals surface area contributed by atoms with E-state index < -0.39 is 0 Å². The molecule has 2 aromatic carbocycles. The molecular weight excluding hydrogens is 380 g/mol. The molecule has 0 unspecified atom stereocenters. The fourth-order valence-electron chi connectivity index (χ4n) is 3.19. The summed E-state index contributed by atoms with van der Waals surface area (Å²) in [6, 6.07) is 15.1. The van der Waals surface area contributed by atoms with E-state index in [9.17, 15) is 4.79 Å². The van der Waals surface area contributed by atoms with Gasteiger partial charge in [-0.3, -0.25) is 4.79 Å². The van der Waals surface area contributed by atoms with Gasteiger partial charge in [-0.25, -0.2) is 0 Å². The van der Waals surface area contributed by atoms with Crippen LogP contribution in [0.1, 0.15) is 5.56 Å². The summed E-state index contributed by atoms with van der Waals surface area (Å²) in [5.74, 6) is 0.777. The zero-order valence-corrected chi connectivity index (χ0v) is 17.3. The van der Waals surface area contributed by atoms with Crippen molar-refractivity contribution >= 4 is 23.4 Å². The lowest BCUT2D eigenvalue weighted by molar-refractivity contribution is -0.111. The van der Waals surface area contributed by atoms with Gasteiger partial charge in [-0.1, -0.05) is 6.07 Å². The fraction of sp³-hybridized carbons (Fsp3) is 0.304. The van der Waals surface area contributed by atoms with Crippen LogP contribution in [0.4, 0.5) is 11.4 Å². The Balaban J connectivity index is 1.57. The highest BCUT2D eigenvalue weighted by atomic mass is 16.5. The first kappa shape index (κ1) is 21.2. The Morgan fingerprint density at radius 1 is 1.13 bits per heavy atom. The normalized spacial score (nSPS) is 14.4. The zero-order valence-electron chi connectivity index (χ0n) is 17.3. The minimum atomic E-state index is -0.217. The zero-order chi connectivity index (χ0) is 21.3. The van der Waals surface area contributed by atoms with Crippen molar-refractivity contribution in [3.8, 4) is 17.6 Å². The first-order chi connectivity index (χ1) is 14.6. The Bertz CT molecular complexity index is 926. The van der Waals surface area contributed by atoms with Crippen LogP contribution in [0.15, 0.2) is 48.5 Å². The summed E-state index contributed by atoms with van der Waals surface area (Å²) in [6.45, 7) is 4.07. The lowest BCUT2D eigenvalue weighted by Crippen LogP contribution is -2.44. The van der Waals surface area contributed by atoms with E-state index in [1.54, 1.807) is 24.3 Å². The highest BCUT2D eigenvalue weighted by molar-refractivity contribution is 6.02. The number of methoxy groups -OCH3 is 1. The third kappa shape index (κ3) is 5.75. The topological polar surface area (TPSA) is 77.8 Å². The molecule has 7 nitrogen and oxygen atoms in total. The number of carbonyl (C=O) groups is 1. The summed E-state index contributed by atoms with van der Waals surface area (Å²) in [5, 5.41) is 11.5. The van der Waals surface area contributed by atoms with Crippen molar-refractivity contribution in [3.63, 3.8) is 0 Å². The molecule has 1 heterocycles. The number of amides is 1. The van der Waals surface area contributed by atoms with Crippen LogP contribution >= 0.6 is 0 Å². The second-order valence-corrected chi connectivity index (χ2v) is 7.02. The first-order valence-corrected chi connectivity index (χ1v) is 9.79. The third-order valence-corrected chi connectivity index (χ3v) is 4.91. The van der Waals surface area contributed by atoms with Crippen molar-refractivity contribution in [3.05, 3.63) is 54.1 Å². The minimum Gasteiger partial charge on any atom is -0.493 e. The smallest absolute Gasteiger partial charge is 0.248 e. The number of nitriles is 1. The predicted octanol–water partition coefficient (Wildman–Crippen LogP) is 3.00. The molecule has 2 aromatic rings. The molecule has 1 N–H and O–H groups in total. The number of carbonyl (C=O) groups excluding carboxylic acids is 1. The molecule has 30 heavy (non-hydrogen) atoms. The average molecular weight is 406 g/mol. The Morgan fingerprint density at radius 3 is 2.53 bits per heavy atom. The van der Waals surface area contributed by atoms with Gasteiger partial charge in [-0.15, -0.1) is 0 Å². The lowest BCUT2D eigenvalue weighted by Gasteiger charge is -2.34. The van der Waals surface area contributed by atoms with E-state index in [1.165, 1.54) is 18.9 Å². The van der Waals surface area contributed by atoms with Crippen LogP contribution in [0, 0.1) is 11.3 Å². The van der Waals surface area contributed by atoms with Crippen LogP contribution in [-0.2, 0) is 4.79 Å². The van der Waals surface area contributed by atoms with Gasteiger partial charge in [0.05, 0.1) is 7.11 Å². The van der Waals surface area contributed by atoms with Crippen LogP contribution in [-0.4, -0.2) is 57.8 Å². The number of ether oxygens (including phenoxy) is 2. The van der Waals surface area contributed by atoms with Crippen molar-refractivity contribution in [2.75, 3.05) is 57.2 Å². The van der Waals surface area contributed by atoms with E-state index >= 15 is 0 Å². The molecule has 156 valence electrons. The number of hydrogen-bond acceptors (Lipinski definition) is 6. The van der Waals surface area contributed by atoms with Gasteiger partial charge < -0.3 is 24.6 Å². The molecule has 1 aliphatic heterocycles. The van der Waals surface area contributed by atoms with Gasteiger partial charge >= 0.3 is 0 Å². The van der Waals surface area contributed by atoms with Crippen molar-refractivity contribution in [1.29, 1.82) is 5.26 Å². The van der Waals surface area contributed by atoms with Crippen LogP contribution in [0.2, 0.25) is 0 Å². The number of rotatable bonds is 7. The maximum absolute atomic E-state index is 12.3. The standard InChI is InChI=1S/C23H26N4O3/c1-26-12-14-27(15-13-26)20-7-5-19(6-8-20)25-23(28)10-4-18-3-9-21(30-16-11-24)22(17-18)29-2/h3-10,17H,12-16H2,1-2H3,(H,25,28)/b10-4+. The molecule has 1 saturated heterocycles. The molecule has 0 saturated carbocycles. The molecule has 0 spiro atoms. The number of piperazine rings is 1. The number of anilines is 2. The van der Waals surface area contributed by atoms with Crippen molar-refractivity contribution in [2.45, 2.75) is 0 Å². The van der Waals surface area contributed by atoms with E-state index in [0.717, 1.165) is 37.4 Å². The number of nitrogens with zero attached hydrogens (tertiary/aromatic N) is 3. The quantitative estimate of drug-likeness (QED) is 0.713. The highest BCUT2D eigenvalue weighted by Gasteiger charge is 2.14. The van der Waals surface area contributed by atoms with Crippen molar-refractivity contribution in [1.82, 2.24) is 4.90 Å². The van der Waals surface area contributed by atoms with Crippen LogP contribution < -0.4 is 19.7 Å². The summed E-state index contributed by atoms with van der Waals surface area (Å²) in [5.41, 5.74) is 2.71. The SMILES string of the molecule is COc1cc(/C=C/C(=O)Nc2ccc(N3CCN(C)CC3)cc2)ccc1OCC#N. The molecule has 0 aromatic heterocycles. The highest BCUT2D eigenvalue weighted by Crippen LogP contribution is 2.28. The second-order valence-electron chi connectivity index (χ2n) is 7.02. The molecular formula is C23H26N4O3. The second kappa shape index (κ2) is 10.3. The number of benzene rings is 2. The Morgan fingerprint density at radius 2 is 1.87 bits per heavy atom. The largest absolute Gasteiger partial charge is 0.493 e. The van der Waals surface area contributed by atoms with Gasteiger partial charge in [0, 0.05) is 43.6 Å². The van der Waals surface area contributed by atoms with Gasteiger partial charge in [-0.2, -0.15) is 5.26 Å². The molecule has 1 aliphatic rings. The Labute approximate surface area is 177 Å². The summed E-state index contributed by atoms with van der Waals surface area (Å²) in [4.78, 5) is 16.9. The van der Waals surface area contributed by atoms with E-state index in [4.69, 9.17) is 14.7 Å². The Hall–Kier alpha value is -3.50. The molecule has 1 amide bonds. The summed E-state index contributed by atoms with van der Waals surface area (Å²) in [7, 11) is 3.66. The molecule has 0 bridgehead atoms. The van der Waals surface area contributed by atoms with Crippen LogP contribution in [0.5, 0.6) is 11.5 Å². The third-order valence-electron chi connectivity index (χ3n) is 4.91. The van der Waals surface area contributed by atoms with Crippen LogP contribution in [0.25, 0.3) is 6.08 Å². The lowest BCUT2D eigenvalue weighted by atomic mass is 10.2. The molecule has 3 rings (SSSR count). The minimum absolute atomic E-state index is 0.0540.